The predicted octanol–water partition coefficient (Wildman–Crippen LogP) is 7.48. The monoisotopic (exact) mass is 468 g/mol. The minimum absolute atomic E-state index is 0.194. The number of alkyl halides is 2. The molecule has 0 unspecified atom stereocenters. The van der Waals surface area contributed by atoms with Crippen molar-refractivity contribution in [3.8, 4) is 11.5 Å². The van der Waals surface area contributed by atoms with Gasteiger partial charge in [0.2, 0.25) is 0 Å². The third kappa shape index (κ3) is 21.2. The molecular formula is C19H22BCl5O2. The molecule has 0 bridgehead atoms. The molecule has 8 heteroatoms. The van der Waals surface area contributed by atoms with E-state index in [1.807, 2.05) is 48.5 Å². The maximum absolute atomic E-state index is 9.19. The van der Waals surface area contributed by atoms with E-state index in [2.05, 4.69) is 13.2 Å². The summed E-state index contributed by atoms with van der Waals surface area (Å²) < 4.78 is 5.24. The van der Waals surface area contributed by atoms with Crippen LogP contribution in [0.25, 0.3) is 0 Å². The van der Waals surface area contributed by atoms with E-state index < -0.39 is 4.96 Å². The summed E-state index contributed by atoms with van der Waals surface area (Å²) in [5.74, 6) is 1.24. The molecule has 0 radical (unpaired) electrons. The van der Waals surface area contributed by atoms with Crippen LogP contribution < -0.4 is 4.74 Å². The SMILES string of the molecule is C=CCOc1ccccc1.C=CCc1ccccc1O.ClB(Cl)Cl.ClCCl. The van der Waals surface area contributed by atoms with Crippen molar-refractivity contribution in [2.45, 2.75) is 6.42 Å². The molecule has 0 aliphatic heterocycles. The Balaban J connectivity index is 0. The molecule has 0 spiro atoms. The molecule has 0 amide bonds. The summed E-state index contributed by atoms with van der Waals surface area (Å²) in [6.45, 7) is 7.71. The topological polar surface area (TPSA) is 29.5 Å². The van der Waals surface area contributed by atoms with Gasteiger partial charge in [0.15, 0.2) is 0 Å². The second-order valence-corrected chi connectivity index (χ2v) is 7.17. The molecule has 1 N–H and O–H groups in total. The van der Waals surface area contributed by atoms with Crippen LogP contribution in [-0.4, -0.2) is 22.0 Å². The van der Waals surface area contributed by atoms with Crippen LogP contribution in [0.1, 0.15) is 5.56 Å². The average molecular weight is 470 g/mol. The van der Waals surface area contributed by atoms with E-state index in [4.69, 9.17) is 62.3 Å². The van der Waals surface area contributed by atoms with Gasteiger partial charge < -0.3 is 9.84 Å². The fourth-order valence-electron chi connectivity index (χ4n) is 1.51. The molecular weight excluding hydrogens is 448 g/mol. The first kappa shape index (κ1) is 28.2. The minimum atomic E-state index is -0.750. The van der Waals surface area contributed by atoms with Crippen molar-refractivity contribution in [1.82, 2.24) is 0 Å². The number of ether oxygens (including phenoxy) is 1. The smallest absolute Gasteiger partial charge is 0.450 e. The van der Waals surface area contributed by atoms with E-state index in [0.717, 1.165) is 17.7 Å². The molecule has 2 nitrogen and oxygen atoms in total. The van der Waals surface area contributed by atoms with Crippen LogP contribution in [0.2, 0.25) is 0 Å². The molecule has 0 fully saturated rings. The van der Waals surface area contributed by atoms with Gasteiger partial charge in [-0.25, -0.2) is 0 Å². The van der Waals surface area contributed by atoms with E-state index in [9.17, 15) is 5.11 Å². The van der Waals surface area contributed by atoms with Crippen LogP contribution in [0.5, 0.6) is 11.5 Å². The number of hydrogen-bond donors (Lipinski definition) is 1. The van der Waals surface area contributed by atoms with Crippen LogP contribution in [0.3, 0.4) is 0 Å². The number of benzene rings is 2. The largest absolute Gasteiger partial charge is 0.508 e. The summed E-state index contributed by atoms with van der Waals surface area (Å²) in [7, 11) is 0. The highest BCUT2D eigenvalue weighted by Crippen LogP contribution is 2.15. The molecule has 0 saturated heterocycles. The Morgan fingerprint density at radius 2 is 1.37 bits per heavy atom. The molecule has 0 heterocycles. The van der Waals surface area contributed by atoms with E-state index in [0.29, 0.717) is 12.4 Å². The highest BCUT2D eigenvalue weighted by molar-refractivity contribution is 7.54. The molecule has 27 heavy (non-hydrogen) atoms. The maximum Gasteiger partial charge on any atom is 0.450 e. The highest BCUT2D eigenvalue weighted by Gasteiger charge is 1.94. The summed E-state index contributed by atoms with van der Waals surface area (Å²) in [4.78, 5) is -0.750. The van der Waals surface area contributed by atoms with Crippen LogP contribution in [0.15, 0.2) is 79.9 Å². The van der Waals surface area contributed by atoms with Gasteiger partial charge in [-0.05, 0) is 30.2 Å². The molecule has 2 aromatic rings. The fourth-order valence-corrected chi connectivity index (χ4v) is 1.51. The number of aromatic hydroxyl groups is 1. The molecule has 0 aliphatic carbocycles. The predicted molar refractivity (Wildman–Crippen MR) is 124 cm³/mol. The Kier molecular flexibility index (Phi) is 22.3. The first-order chi connectivity index (χ1) is 12.9. The zero-order valence-corrected chi connectivity index (χ0v) is 18.5. The highest BCUT2D eigenvalue weighted by atomic mass is 35.6. The van der Waals surface area contributed by atoms with Crippen molar-refractivity contribution < 1.29 is 9.84 Å². The van der Waals surface area contributed by atoms with Gasteiger partial charge in [0, 0.05) is 0 Å². The lowest BCUT2D eigenvalue weighted by molar-refractivity contribution is 0.363. The van der Waals surface area contributed by atoms with Crippen molar-refractivity contribution in [2.75, 3.05) is 11.9 Å². The van der Waals surface area contributed by atoms with Gasteiger partial charge in [-0.2, -0.15) is 34.4 Å². The summed E-state index contributed by atoms with van der Waals surface area (Å²) in [5, 5.41) is 9.39. The number of allylic oxidation sites excluding steroid dienone is 1. The number of rotatable bonds is 5. The molecule has 148 valence electrons. The molecule has 0 atom stereocenters. The lowest BCUT2D eigenvalue weighted by Gasteiger charge is -1.99. The Bertz CT molecular complexity index is 595. The van der Waals surface area contributed by atoms with Crippen molar-refractivity contribution in [3.63, 3.8) is 0 Å². The zero-order chi connectivity index (χ0) is 20.9. The molecule has 2 aromatic carbocycles. The van der Waals surface area contributed by atoms with Gasteiger partial charge in [-0.1, -0.05) is 55.1 Å². The lowest BCUT2D eigenvalue weighted by Crippen LogP contribution is -1.91. The average Bonchev–Trinajstić information content (AvgIpc) is 2.64. The van der Waals surface area contributed by atoms with Crippen LogP contribution in [0.4, 0.5) is 0 Å². The minimum Gasteiger partial charge on any atom is -0.508 e. The maximum atomic E-state index is 9.19. The van der Waals surface area contributed by atoms with Gasteiger partial charge in [0.05, 0.1) is 5.34 Å². The summed E-state index contributed by atoms with van der Waals surface area (Å²) >= 11 is 23.9. The van der Waals surface area contributed by atoms with Gasteiger partial charge >= 0.3 is 4.96 Å². The standard InChI is InChI=1S/2C9H10O.CH2Cl2.BCl3/c1-2-8-10-9-6-4-3-5-7-9;1-2-5-8-6-3-4-7-9(8)10;2-1-3;2-1(3)4/h2-7H,1,8H2;2-4,6-7,10H,1,5H2;1H2;. The Labute approximate surface area is 187 Å². The number of halogens is 5. The van der Waals surface area contributed by atoms with Crippen LogP contribution >= 0.6 is 57.6 Å². The van der Waals surface area contributed by atoms with E-state index in [1.54, 1.807) is 18.2 Å². The molecule has 0 saturated carbocycles. The summed E-state index contributed by atoms with van der Waals surface area (Å²) in [6, 6.07) is 17.0. The Hall–Kier alpha value is -0.965. The van der Waals surface area contributed by atoms with Crippen molar-refractivity contribution in [3.05, 3.63) is 85.5 Å². The third-order valence-electron chi connectivity index (χ3n) is 2.47. The lowest BCUT2D eigenvalue weighted by atomic mass is 10.1. The van der Waals surface area contributed by atoms with Crippen molar-refractivity contribution in [1.29, 1.82) is 0 Å². The quantitative estimate of drug-likeness (QED) is 0.279. The van der Waals surface area contributed by atoms with Gasteiger partial charge in [-0.3, -0.25) is 0 Å². The summed E-state index contributed by atoms with van der Waals surface area (Å²) in [5.41, 5.74) is 0.928. The second-order valence-electron chi connectivity index (χ2n) is 4.38. The summed E-state index contributed by atoms with van der Waals surface area (Å²) in [6.07, 6.45) is 4.23. The number of phenols is 1. The fraction of sp³-hybridized carbons (Fsp3) is 0.158. The third-order valence-corrected chi connectivity index (χ3v) is 2.47. The Morgan fingerprint density at radius 3 is 1.81 bits per heavy atom. The zero-order valence-electron chi connectivity index (χ0n) is 14.7. The normalized spacial score (nSPS) is 8.33. The van der Waals surface area contributed by atoms with Gasteiger partial charge in [0.1, 0.15) is 18.1 Å². The number of phenolic OH excluding ortho intramolecular Hbond substituents is 1. The van der Waals surface area contributed by atoms with Crippen molar-refractivity contribution in [2.24, 2.45) is 0 Å². The second kappa shape index (κ2) is 21.3. The first-order valence-electron chi connectivity index (χ1n) is 7.63. The van der Waals surface area contributed by atoms with Crippen molar-refractivity contribution >= 4 is 62.5 Å². The number of hydrogen-bond acceptors (Lipinski definition) is 2. The Morgan fingerprint density at radius 1 is 0.889 bits per heavy atom. The van der Waals surface area contributed by atoms with Crippen LogP contribution in [0, 0.1) is 0 Å². The van der Waals surface area contributed by atoms with Gasteiger partial charge in [0.25, 0.3) is 0 Å². The van der Waals surface area contributed by atoms with E-state index in [1.165, 1.54) is 0 Å². The molecule has 0 aliphatic rings. The van der Waals surface area contributed by atoms with E-state index >= 15 is 0 Å². The van der Waals surface area contributed by atoms with Crippen LogP contribution in [-0.2, 0) is 6.42 Å². The molecule has 2 rings (SSSR count). The molecule has 0 aromatic heterocycles. The first-order valence-corrected chi connectivity index (χ1v) is 10.0. The van der Waals surface area contributed by atoms with Gasteiger partial charge in [-0.15, -0.1) is 29.8 Å². The number of para-hydroxylation sites is 2. The van der Waals surface area contributed by atoms with E-state index in [-0.39, 0.29) is 5.34 Å².